The molecule has 0 aliphatic carbocycles. The zero-order valence-corrected chi connectivity index (χ0v) is 48.9. The van der Waals surface area contributed by atoms with Gasteiger partial charge in [-0.2, -0.15) is 0 Å². The number of rotatable bonds is 6. The van der Waals surface area contributed by atoms with Crippen LogP contribution in [-0.4, -0.2) is 19.9 Å². The highest BCUT2D eigenvalue weighted by molar-refractivity contribution is 7.00. The number of hydrogen-bond donors (Lipinski definition) is 0. The SMILES string of the molecule is Cc1cc2c3c(c1)N(c1ccc(C(C)(C)C)cc1-c1ccccc1)c1c(ccc4c1OCCCO4)B3c1ccc(-c3ccc4c(c3)oc3ccccc34)cc1N2c1cc(-c2ccc(C(C)(C)C)cc2)cc(-c2ccc(C(C)(C)C)cc2)c1. The van der Waals surface area contributed by atoms with E-state index in [1.807, 2.05) is 6.07 Å². The molecular formula is C76H69BN2O3. The second kappa shape index (κ2) is 19.2. The number of benzene rings is 10. The maximum absolute atomic E-state index is 7.00. The maximum Gasteiger partial charge on any atom is 0.252 e. The van der Waals surface area contributed by atoms with Crippen LogP contribution in [0.5, 0.6) is 11.5 Å². The van der Waals surface area contributed by atoms with Crippen LogP contribution in [0.3, 0.4) is 0 Å². The zero-order chi connectivity index (χ0) is 56.4. The average molecular weight is 1070 g/mol. The third-order valence-electron chi connectivity index (χ3n) is 17.3. The lowest BCUT2D eigenvalue weighted by molar-refractivity contribution is 0.297. The first-order valence-electron chi connectivity index (χ1n) is 29.2. The lowest BCUT2D eigenvalue weighted by atomic mass is 9.33. The van der Waals surface area contributed by atoms with Crippen LogP contribution in [0, 0.1) is 6.92 Å². The second-order valence-corrected chi connectivity index (χ2v) is 26.1. The average Bonchev–Trinajstić information content (AvgIpc) is 1.57. The highest BCUT2D eigenvalue weighted by atomic mass is 16.5. The summed E-state index contributed by atoms with van der Waals surface area (Å²) in [7, 11) is 0. The third-order valence-corrected chi connectivity index (χ3v) is 17.3. The van der Waals surface area contributed by atoms with Gasteiger partial charge in [-0.05, 0) is 174 Å². The number of anilines is 6. The van der Waals surface area contributed by atoms with Gasteiger partial charge in [0.1, 0.15) is 11.2 Å². The van der Waals surface area contributed by atoms with E-state index in [0.29, 0.717) is 13.2 Å². The minimum absolute atomic E-state index is 0.0198. The molecule has 14 rings (SSSR count). The largest absolute Gasteiger partial charge is 0.489 e. The Bertz CT molecular complexity index is 4250. The Hall–Kier alpha value is -8.74. The van der Waals surface area contributed by atoms with Crippen molar-refractivity contribution in [3.8, 4) is 56.0 Å². The molecule has 11 aromatic rings. The number of furan rings is 1. The number of aryl methyl sites for hydroxylation is 1. The number of fused-ring (bicyclic) bond motifs is 9. The van der Waals surface area contributed by atoms with Crippen molar-refractivity contribution in [2.75, 3.05) is 23.0 Å². The Kier molecular flexibility index (Phi) is 12.0. The van der Waals surface area contributed by atoms with Gasteiger partial charge in [-0.15, -0.1) is 0 Å². The summed E-state index contributed by atoms with van der Waals surface area (Å²) < 4.78 is 20.2. The molecule has 0 atom stereocenters. The van der Waals surface area contributed by atoms with Crippen LogP contribution >= 0.6 is 0 Å². The fourth-order valence-electron chi connectivity index (χ4n) is 12.9. The summed E-state index contributed by atoms with van der Waals surface area (Å²) in [6.45, 7) is 23.9. The van der Waals surface area contributed by atoms with Crippen molar-refractivity contribution >= 4 is 79.2 Å². The van der Waals surface area contributed by atoms with Gasteiger partial charge in [0, 0.05) is 45.5 Å². The lowest BCUT2D eigenvalue weighted by Gasteiger charge is -2.45. The number of nitrogens with zero attached hydrogens (tertiary/aromatic N) is 2. The van der Waals surface area contributed by atoms with E-state index >= 15 is 0 Å². The molecule has 0 fully saturated rings. The van der Waals surface area contributed by atoms with Gasteiger partial charge in [0.05, 0.1) is 24.6 Å². The smallest absolute Gasteiger partial charge is 0.252 e. The summed E-state index contributed by atoms with van der Waals surface area (Å²) in [4.78, 5) is 5.10. The number of para-hydroxylation sites is 1. The molecule has 3 aliphatic rings. The molecule has 1 aromatic heterocycles. The topological polar surface area (TPSA) is 38.1 Å². The van der Waals surface area contributed by atoms with Crippen LogP contribution < -0.4 is 35.7 Å². The molecule has 5 nitrogen and oxygen atoms in total. The van der Waals surface area contributed by atoms with Crippen molar-refractivity contribution in [3.63, 3.8) is 0 Å². The van der Waals surface area contributed by atoms with Crippen LogP contribution in [0.1, 0.15) is 91.0 Å². The van der Waals surface area contributed by atoms with Crippen molar-refractivity contribution in [2.24, 2.45) is 0 Å². The lowest BCUT2D eigenvalue weighted by Crippen LogP contribution is -2.61. The van der Waals surface area contributed by atoms with Crippen LogP contribution in [0.25, 0.3) is 66.4 Å². The summed E-state index contributed by atoms with van der Waals surface area (Å²) in [5, 5.41) is 2.24. The van der Waals surface area contributed by atoms with E-state index in [4.69, 9.17) is 13.9 Å². The predicted octanol–water partition coefficient (Wildman–Crippen LogP) is 18.7. The molecule has 0 amide bonds. The van der Waals surface area contributed by atoms with Gasteiger partial charge in [-0.25, -0.2) is 0 Å². The standard InChI is InChI=1S/C76H69BN2O3/c1-47-39-66-71-67(40-47)79(64-35-31-57(76(8,9)10)46-61(64)50-17-12-11-13-18-50)72-63(34-36-69-73(72)81-38-16-37-80-69)77(71)62-33-26-51(52-25-32-60-59-19-14-15-20-68(59)82-70(60)45-52)44-65(62)78(66)58-42-53(48-21-27-55(28-22-48)74(2,3)4)41-54(43-58)49-23-29-56(30-24-49)75(5,6)7/h11-15,17-36,39-46H,16,37-38H2,1-10H3. The van der Waals surface area contributed by atoms with E-state index in [2.05, 4.69) is 273 Å². The Labute approximate surface area is 483 Å². The molecule has 404 valence electrons. The van der Waals surface area contributed by atoms with E-state index < -0.39 is 0 Å². The molecule has 0 radical (unpaired) electrons. The highest BCUT2D eigenvalue weighted by Gasteiger charge is 2.46. The van der Waals surface area contributed by atoms with Crippen molar-refractivity contribution in [2.45, 2.75) is 91.9 Å². The molecule has 4 heterocycles. The molecule has 0 spiro atoms. The van der Waals surface area contributed by atoms with E-state index in [1.165, 1.54) is 44.2 Å². The maximum atomic E-state index is 7.00. The molecular weight excluding hydrogens is 1000 g/mol. The summed E-state index contributed by atoms with van der Waals surface area (Å²) in [6.07, 6.45) is 0.797. The fraction of sp³-hybridized carbons (Fsp3) is 0.211. The Morgan fingerprint density at radius 1 is 0.402 bits per heavy atom. The first kappa shape index (κ1) is 51.4. The minimum atomic E-state index is -0.168. The Balaban J connectivity index is 1.07. The first-order chi connectivity index (χ1) is 39.4. The predicted molar refractivity (Wildman–Crippen MR) is 346 cm³/mol. The van der Waals surface area contributed by atoms with Gasteiger partial charge in [0.2, 0.25) is 0 Å². The second-order valence-electron chi connectivity index (χ2n) is 26.1. The highest BCUT2D eigenvalue weighted by Crippen LogP contribution is 2.53. The van der Waals surface area contributed by atoms with E-state index in [1.54, 1.807) is 0 Å². The Morgan fingerprint density at radius 2 is 0.976 bits per heavy atom. The summed E-state index contributed by atoms with van der Waals surface area (Å²) in [5.41, 5.74) is 26.1. The van der Waals surface area contributed by atoms with Gasteiger partial charge in [0.15, 0.2) is 11.5 Å². The Morgan fingerprint density at radius 3 is 1.66 bits per heavy atom. The quantitative estimate of drug-likeness (QED) is 0.155. The molecule has 82 heavy (non-hydrogen) atoms. The van der Waals surface area contributed by atoms with E-state index in [0.717, 1.165) is 113 Å². The van der Waals surface area contributed by atoms with Gasteiger partial charge < -0.3 is 23.7 Å². The molecule has 3 aliphatic heterocycles. The van der Waals surface area contributed by atoms with Gasteiger partial charge in [0.25, 0.3) is 6.71 Å². The van der Waals surface area contributed by atoms with Crippen LogP contribution in [0.4, 0.5) is 34.1 Å². The molecule has 6 heteroatoms. The van der Waals surface area contributed by atoms with Gasteiger partial charge in [-0.1, -0.05) is 190 Å². The molecule has 0 bridgehead atoms. The van der Waals surface area contributed by atoms with E-state index in [9.17, 15) is 0 Å². The molecule has 0 unspecified atom stereocenters. The van der Waals surface area contributed by atoms with Crippen molar-refractivity contribution in [1.29, 1.82) is 0 Å². The summed E-state index contributed by atoms with van der Waals surface area (Å²) in [6, 6.07) is 75.2. The molecule has 10 aromatic carbocycles. The number of hydrogen-bond acceptors (Lipinski definition) is 5. The number of ether oxygens (including phenoxy) is 2. The van der Waals surface area contributed by atoms with Gasteiger partial charge in [-0.3, -0.25) is 0 Å². The molecule has 0 saturated heterocycles. The van der Waals surface area contributed by atoms with E-state index in [-0.39, 0.29) is 23.0 Å². The van der Waals surface area contributed by atoms with Gasteiger partial charge >= 0.3 is 0 Å². The first-order valence-corrected chi connectivity index (χ1v) is 29.2. The monoisotopic (exact) mass is 1070 g/mol. The minimum Gasteiger partial charge on any atom is -0.489 e. The third kappa shape index (κ3) is 8.77. The van der Waals surface area contributed by atoms with Crippen molar-refractivity contribution in [1.82, 2.24) is 0 Å². The van der Waals surface area contributed by atoms with Crippen molar-refractivity contribution in [3.05, 3.63) is 222 Å². The fourth-order valence-corrected chi connectivity index (χ4v) is 12.9. The molecule has 0 N–H and O–H groups in total. The van der Waals surface area contributed by atoms with Crippen LogP contribution in [-0.2, 0) is 16.2 Å². The zero-order valence-electron chi connectivity index (χ0n) is 48.9. The van der Waals surface area contributed by atoms with Crippen molar-refractivity contribution < 1.29 is 13.9 Å². The van der Waals surface area contributed by atoms with Crippen LogP contribution in [0.2, 0.25) is 0 Å². The summed E-state index contributed by atoms with van der Waals surface area (Å²) >= 11 is 0. The normalized spacial score (nSPS) is 14.0. The molecule has 0 saturated carbocycles. The summed E-state index contributed by atoms with van der Waals surface area (Å²) in [5.74, 6) is 1.56. The van der Waals surface area contributed by atoms with Crippen LogP contribution in [0.15, 0.2) is 205 Å².